The standard InChI is InChI=1S/C10H18N2OS2/c13-10(12-8-2-1-3-8)11-6-9-7-14-4-5-15-9/h8-9H,1-7H2,(H2,11,12,13). The third-order valence-electron chi connectivity index (χ3n) is 2.82. The molecule has 1 atom stereocenters. The summed E-state index contributed by atoms with van der Waals surface area (Å²) >= 11 is 3.97. The van der Waals surface area contributed by atoms with E-state index < -0.39 is 0 Å². The molecule has 2 aliphatic rings. The van der Waals surface area contributed by atoms with Crippen LogP contribution in [0.25, 0.3) is 0 Å². The lowest BCUT2D eigenvalue weighted by molar-refractivity contribution is 0.228. The maximum Gasteiger partial charge on any atom is 0.315 e. The topological polar surface area (TPSA) is 41.1 Å². The van der Waals surface area contributed by atoms with Crippen LogP contribution in [0.3, 0.4) is 0 Å². The lowest BCUT2D eigenvalue weighted by atomic mass is 9.93. The molecule has 0 bridgehead atoms. The molecular formula is C10H18N2OS2. The van der Waals surface area contributed by atoms with Crippen molar-refractivity contribution in [2.75, 3.05) is 23.8 Å². The zero-order chi connectivity index (χ0) is 10.5. The molecule has 0 spiro atoms. The van der Waals surface area contributed by atoms with E-state index in [-0.39, 0.29) is 6.03 Å². The first kappa shape index (κ1) is 11.5. The van der Waals surface area contributed by atoms with Crippen LogP contribution in [0.2, 0.25) is 0 Å². The Labute approximate surface area is 99.5 Å². The van der Waals surface area contributed by atoms with Gasteiger partial charge in [0.1, 0.15) is 0 Å². The Morgan fingerprint density at radius 1 is 1.33 bits per heavy atom. The van der Waals surface area contributed by atoms with Crippen molar-refractivity contribution < 1.29 is 4.79 Å². The third kappa shape index (κ3) is 3.79. The number of urea groups is 1. The second kappa shape index (κ2) is 5.89. The number of nitrogens with one attached hydrogen (secondary N) is 2. The van der Waals surface area contributed by atoms with Crippen molar-refractivity contribution in [2.45, 2.75) is 30.6 Å². The Morgan fingerprint density at radius 2 is 2.20 bits per heavy atom. The van der Waals surface area contributed by atoms with E-state index in [1.54, 1.807) is 0 Å². The molecule has 2 amide bonds. The zero-order valence-corrected chi connectivity index (χ0v) is 10.5. The van der Waals surface area contributed by atoms with Crippen LogP contribution in [0.15, 0.2) is 0 Å². The fourth-order valence-electron chi connectivity index (χ4n) is 1.65. The van der Waals surface area contributed by atoms with Gasteiger partial charge in [-0.05, 0) is 19.3 Å². The van der Waals surface area contributed by atoms with E-state index in [9.17, 15) is 4.79 Å². The van der Waals surface area contributed by atoms with Crippen LogP contribution < -0.4 is 10.6 Å². The molecule has 0 aromatic carbocycles. The minimum atomic E-state index is 0.0240. The summed E-state index contributed by atoms with van der Waals surface area (Å²) in [6, 6.07) is 0.467. The van der Waals surface area contributed by atoms with E-state index in [0.29, 0.717) is 11.3 Å². The SMILES string of the molecule is O=C(NCC1CSCCS1)NC1CCC1. The van der Waals surface area contributed by atoms with Crippen LogP contribution in [-0.4, -0.2) is 41.1 Å². The van der Waals surface area contributed by atoms with E-state index in [4.69, 9.17) is 0 Å². The Bertz CT molecular complexity index is 215. The number of hydrogen-bond donors (Lipinski definition) is 2. The fourth-order valence-corrected chi connectivity index (χ4v) is 4.26. The van der Waals surface area contributed by atoms with Crippen molar-refractivity contribution in [2.24, 2.45) is 0 Å². The Balaban J connectivity index is 1.57. The summed E-state index contributed by atoms with van der Waals surface area (Å²) in [4.78, 5) is 11.5. The number of amides is 2. The maximum atomic E-state index is 11.5. The molecule has 2 N–H and O–H groups in total. The summed E-state index contributed by atoms with van der Waals surface area (Å²) in [5.74, 6) is 3.66. The minimum Gasteiger partial charge on any atom is -0.337 e. The highest BCUT2D eigenvalue weighted by molar-refractivity contribution is 8.06. The third-order valence-corrected chi connectivity index (χ3v) is 5.66. The van der Waals surface area contributed by atoms with Gasteiger partial charge in [0.25, 0.3) is 0 Å². The highest BCUT2D eigenvalue weighted by Gasteiger charge is 2.20. The molecule has 1 aliphatic heterocycles. The molecule has 1 aliphatic carbocycles. The molecule has 2 rings (SSSR count). The minimum absolute atomic E-state index is 0.0240. The van der Waals surface area contributed by atoms with Gasteiger partial charge < -0.3 is 10.6 Å². The molecule has 2 fully saturated rings. The van der Waals surface area contributed by atoms with Crippen molar-refractivity contribution >= 4 is 29.6 Å². The molecule has 1 heterocycles. The number of rotatable bonds is 3. The quantitative estimate of drug-likeness (QED) is 0.796. The van der Waals surface area contributed by atoms with Crippen LogP contribution in [0.4, 0.5) is 4.79 Å². The van der Waals surface area contributed by atoms with Crippen molar-refractivity contribution in [3.05, 3.63) is 0 Å². The number of thioether (sulfide) groups is 2. The maximum absolute atomic E-state index is 11.5. The Kier molecular flexibility index (Phi) is 4.50. The summed E-state index contributed by atoms with van der Waals surface area (Å²) < 4.78 is 0. The van der Waals surface area contributed by atoms with E-state index in [1.165, 1.54) is 23.7 Å². The van der Waals surface area contributed by atoms with Crippen molar-refractivity contribution in [1.29, 1.82) is 0 Å². The molecule has 86 valence electrons. The Hall–Kier alpha value is -0.0300. The second-order valence-corrected chi connectivity index (χ2v) is 6.61. The van der Waals surface area contributed by atoms with Gasteiger partial charge in [-0.15, -0.1) is 0 Å². The lowest BCUT2D eigenvalue weighted by Gasteiger charge is -2.27. The van der Waals surface area contributed by atoms with Gasteiger partial charge in [0, 0.05) is 35.1 Å². The first-order valence-corrected chi connectivity index (χ1v) is 7.78. The average molecular weight is 246 g/mol. The first-order chi connectivity index (χ1) is 7.34. The normalized spacial score (nSPS) is 26.8. The smallest absolute Gasteiger partial charge is 0.315 e. The van der Waals surface area contributed by atoms with Gasteiger partial charge in [-0.1, -0.05) is 0 Å². The molecular weight excluding hydrogens is 228 g/mol. The molecule has 0 aromatic heterocycles. The van der Waals surface area contributed by atoms with E-state index in [2.05, 4.69) is 10.6 Å². The zero-order valence-electron chi connectivity index (χ0n) is 8.83. The van der Waals surface area contributed by atoms with Crippen molar-refractivity contribution in [3.63, 3.8) is 0 Å². The molecule has 3 nitrogen and oxygen atoms in total. The van der Waals surface area contributed by atoms with Crippen LogP contribution in [-0.2, 0) is 0 Å². The summed E-state index contributed by atoms with van der Waals surface area (Å²) in [6.07, 6.45) is 3.57. The predicted octanol–water partition coefficient (Wildman–Crippen LogP) is 1.69. The molecule has 1 saturated heterocycles. The summed E-state index contributed by atoms with van der Waals surface area (Å²) in [5, 5.41) is 6.56. The molecule has 0 radical (unpaired) electrons. The van der Waals surface area contributed by atoms with Crippen LogP contribution in [0, 0.1) is 0 Å². The monoisotopic (exact) mass is 246 g/mol. The number of carbonyl (C=O) groups excluding carboxylic acids is 1. The van der Waals surface area contributed by atoms with Crippen molar-refractivity contribution in [1.82, 2.24) is 10.6 Å². The summed E-state index contributed by atoms with van der Waals surface area (Å²) in [7, 11) is 0. The predicted molar refractivity (Wildman–Crippen MR) is 67.7 cm³/mol. The highest BCUT2D eigenvalue weighted by atomic mass is 32.2. The van der Waals surface area contributed by atoms with Crippen LogP contribution in [0.5, 0.6) is 0 Å². The van der Waals surface area contributed by atoms with Gasteiger partial charge in [0.2, 0.25) is 0 Å². The van der Waals surface area contributed by atoms with E-state index >= 15 is 0 Å². The number of hydrogen-bond acceptors (Lipinski definition) is 3. The molecule has 5 heteroatoms. The lowest BCUT2D eigenvalue weighted by Crippen LogP contribution is -2.47. The molecule has 0 aromatic rings. The molecule has 15 heavy (non-hydrogen) atoms. The highest BCUT2D eigenvalue weighted by Crippen LogP contribution is 2.23. The van der Waals surface area contributed by atoms with Gasteiger partial charge in [0.15, 0.2) is 0 Å². The Morgan fingerprint density at radius 3 is 2.80 bits per heavy atom. The summed E-state index contributed by atoms with van der Waals surface area (Å²) in [5.41, 5.74) is 0. The van der Waals surface area contributed by atoms with Gasteiger partial charge in [-0.25, -0.2) is 4.79 Å². The first-order valence-electron chi connectivity index (χ1n) is 5.58. The summed E-state index contributed by atoms with van der Waals surface area (Å²) in [6.45, 7) is 0.816. The average Bonchev–Trinajstić information content (AvgIpc) is 2.22. The van der Waals surface area contributed by atoms with Gasteiger partial charge in [-0.2, -0.15) is 23.5 Å². The second-order valence-electron chi connectivity index (χ2n) is 4.05. The van der Waals surface area contributed by atoms with Crippen LogP contribution >= 0.6 is 23.5 Å². The molecule has 1 saturated carbocycles. The van der Waals surface area contributed by atoms with E-state index in [1.807, 2.05) is 23.5 Å². The van der Waals surface area contributed by atoms with Crippen LogP contribution in [0.1, 0.15) is 19.3 Å². The van der Waals surface area contributed by atoms with E-state index in [0.717, 1.165) is 19.4 Å². The molecule has 1 unspecified atom stereocenters. The van der Waals surface area contributed by atoms with Gasteiger partial charge in [0.05, 0.1) is 0 Å². The van der Waals surface area contributed by atoms with Gasteiger partial charge >= 0.3 is 6.03 Å². The largest absolute Gasteiger partial charge is 0.337 e. The fraction of sp³-hybridized carbons (Fsp3) is 0.900. The van der Waals surface area contributed by atoms with Crippen molar-refractivity contribution in [3.8, 4) is 0 Å². The number of carbonyl (C=O) groups is 1. The van der Waals surface area contributed by atoms with Gasteiger partial charge in [-0.3, -0.25) is 0 Å².